The standard InChI is InChI=1S/C23H31N3O4S/c1-15(2)31(28,29)25-21-8-6-19(7-9-21)23(27)24-20-10-12-22(13-11-20)26-14-16(3)30-18(5)17(26)4/h6-13,15-18,25H,14H2,1-5H3,(H,24,27)/t16-,17?,18+/m0/s1. The second-order valence-electron chi connectivity index (χ2n) is 8.32. The first-order chi connectivity index (χ1) is 14.6. The van der Waals surface area contributed by atoms with Crippen LogP contribution in [-0.4, -0.2) is 44.4 Å². The molecule has 1 saturated heterocycles. The summed E-state index contributed by atoms with van der Waals surface area (Å²) < 4.78 is 32.3. The molecule has 1 heterocycles. The van der Waals surface area contributed by atoms with Crippen molar-refractivity contribution < 1.29 is 17.9 Å². The van der Waals surface area contributed by atoms with E-state index in [9.17, 15) is 13.2 Å². The summed E-state index contributed by atoms with van der Waals surface area (Å²) in [5.41, 5.74) is 2.66. The van der Waals surface area contributed by atoms with Gasteiger partial charge in [-0.15, -0.1) is 0 Å². The molecule has 0 aromatic heterocycles. The predicted molar refractivity (Wildman–Crippen MR) is 125 cm³/mol. The Morgan fingerprint density at radius 1 is 1.00 bits per heavy atom. The molecule has 2 N–H and O–H groups in total. The van der Waals surface area contributed by atoms with Crippen LogP contribution in [-0.2, 0) is 14.8 Å². The summed E-state index contributed by atoms with van der Waals surface area (Å²) >= 11 is 0. The minimum absolute atomic E-state index is 0.149. The summed E-state index contributed by atoms with van der Waals surface area (Å²) in [6.07, 6.45) is 0.315. The van der Waals surface area contributed by atoms with Gasteiger partial charge >= 0.3 is 0 Å². The zero-order chi connectivity index (χ0) is 22.8. The van der Waals surface area contributed by atoms with Crippen LogP contribution < -0.4 is 14.9 Å². The lowest BCUT2D eigenvalue weighted by atomic mass is 10.1. The van der Waals surface area contributed by atoms with Gasteiger partial charge in [0.05, 0.1) is 23.5 Å². The van der Waals surface area contributed by atoms with Gasteiger partial charge in [-0.25, -0.2) is 8.42 Å². The zero-order valence-electron chi connectivity index (χ0n) is 18.6. The van der Waals surface area contributed by atoms with Gasteiger partial charge in [-0.05, 0) is 83.1 Å². The average Bonchev–Trinajstić information content (AvgIpc) is 2.71. The van der Waals surface area contributed by atoms with Crippen LogP contribution in [0.2, 0.25) is 0 Å². The Balaban J connectivity index is 1.64. The molecule has 1 unspecified atom stereocenters. The fourth-order valence-electron chi connectivity index (χ4n) is 3.47. The number of sulfonamides is 1. The molecule has 3 atom stereocenters. The molecule has 3 rings (SSSR count). The number of ether oxygens (including phenoxy) is 1. The number of morpholine rings is 1. The van der Waals surface area contributed by atoms with Crippen LogP contribution in [0.4, 0.5) is 17.1 Å². The normalized spacial score (nSPS) is 21.7. The number of hydrogen-bond acceptors (Lipinski definition) is 5. The molecule has 1 amide bonds. The highest BCUT2D eigenvalue weighted by molar-refractivity contribution is 7.93. The van der Waals surface area contributed by atoms with Crippen LogP contribution in [0.15, 0.2) is 48.5 Å². The molecule has 7 nitrogen and oxygen atoms in total. The highest BCUT2D eigenvalue weighted by Gasteiger charge is 2.29. The molecule has 1 aliphatic heterocycles. The molecule has 1 fully saturated rings. The average molecular weight is 446 g/mol. The molecule has 0 radical (unpaired) electrons. The minimum atomic E-state index is -3.42. The van der Waals surface area contributed by atoms with Crippen LogP contribution in [0.1, 0.15) is 45.0 Å². The van der Waals surface area contributed by atoms with Crippen LogP contribution in [0.3, 0.4) is 0 Å². The number of anilines is 3. The first kappa shape index (κ1) is 23.1. The fourth-order valence-corrected chi connectivity index (χ4v) is 4.17. The van der Waals surface area contributed by atoms with Crippen LogP contribution >= 0.6 is 0 Å². The molecule has 0 aliphatic carbocycles. The summed E-state index contributed by atoms with van der Waals surface area (Å²) in [5.74, 6) is -0.256. The summed E-state index contributed by atoms with van der Waals surface area (Å²) in [7, 11) is -3.42. The number of rotatable bonds is 6. The summed E-state index contributed by atoms with van der Waals surface area (Å²) in [6.45, 7) is 10.3. The van der Waals surface area contributed by atoms with E-state index in [2.05, 4.69) is 35.7 Å². The maximum atomic E-state index is 12.6. The first-order valence-corrected chi connectivity index (χ1v) is 12.1. The second kappa shape index (κ2) is 9.28. The third kappa shape index (κ3) is 5.57. The number of amides is 1. The third-order valence-corrected chi connectivity index (χ3v) is 7.32. The fraction of sp³-hybridized carbons (Fsp3) is 0.435. The van der Waals surface area contributed by atoms with E-state index in [0.717, 1.165) is 12.2 Å². The topological polar surface area (TPSA) is 87.7 Å². The van der Waals surface area contributed by atoms with Crippen molar-refractivity contribution in [2.45, 2.75) is 58.1 Å². The van der Waals surface area contributed by atoms with Gasteiger partial charge in [0.1, 0.15) is 0 Å². The monoisotopic (exact) mass is 445 g/mol. The van der Waals surface area contributed by atoms with Crippen LogP contribution in [0, 0.1) is 0 Å². The van der Waals surface area contributed by atoms with Crippen molar-refractivity contribution in [3.8, 4) is 0 Å². The number of benzene rings is 2. The number of carbonyl (C=O) groups excluding carboxylic acids is 1. The number of nitrogens with zero attached hydrogens (tertiary/aromatic N) is 1. The van der Waals surface area contributed by atoms with E-state index in [0.29, 0.717) is 16.9 Å². The van der Waals surface area contributed by atoms with Crippen molar-refractivity contribution >= 4 is 33.0 Å². The van der Waals surface area contributed by atoms with Gasteiger partial charge in [-0.1, -0.05) is 0 Å². The van der Waals surface area contributed by atoms with Crippen molar-refractivity contribution in [1.82, 2.24) is 0 Å². The second-order valence-corrected chi connectivity index (χ2v) is 10.6. The number of nitrogens with one attached hydrogen (secondary N) is 2. The Morgan fingerprint density at radius 2 is 1.58 bits per heavy atom. The Kier molecular flexibility index (Phi) is 6.91. The van der Waals surface area contributed by atoms with Crippen LogP contribution in [0.25, 0.3) is 0 Å². The summed E-state index contributed by atoms with van der Waals surface area (Å²) in [4.78, 5) is 14.9. The molecule has 8 heteroatoms. The molecule has 2 aromatic carbocycles. The van der Waals surface area contributed by atoms with Gasteiger partial charge < -0.3 is 15.0 Å². The first-order valence-electron chi connectivity index (χ1n) is 10.5. The Labute approximate surface area is 184 Å². The van der Waals surface area contributed by atoms with Crippen molar-refractivity contribution in [2.24, 2.45) is 0 Å². The lowest BCUT2D eigenvalue weighted by Crippen LogP contribution is -2.52. The largest absolute Gasteiger partial charge is 0.372 e. The molecule has 31 heavy (non-hydrogen) atoms. The lowest BCUT2D eigenvalue weighted by Gasteiger charge is -2.42. The van der Waals surface area contributed by atoms with Crippen LogP contribution in [0.5, 0.6) is 0 Å². The van der Waals surface area contributed by atoms with Gasteiger partial charge in [-0.2, -0.15) is 0 Å². The van der Waals surface area contributed by atoms with E-state index in [1.54, 1.807) is 38.1 Å². The quantitative estimate of drug-likeness (QED) is 0.699. The smallest absolute Gasteiger partial charge is 0.255 e. The van der Waals surface area contributed by atoms with Crippen molar-refractivity contribution in [3.63, 3.8) is 0 Å². The highest BCUT2D eigenvalue weighted by Crippen LogP contribution is 2.26. The molecular weight excluding hydrogens is 414 g/mol. The van der Waals surface area contributed by atoms with Gasteiger partial charge in [0.2, 0.25) is 10.0 Å². The van der Waals surface area contributed by atoms with E-state index in [-0.39, 0.29) is 24.2 Å². The van der Waals surface area contributed by atoms with E-state index >= 15 is 0 Å². The van der Waals surface area contributed by atoms with E-state index in [4.69, 9.17) is 4.74 Å². The molecule has 168 valence electrons. The molecule has 1 aliphatic rings. The van der Waals surface area contributed by atoms with Crippen molar-refractivity contribution in [3.05, 3.63) is 54.1 Å². The molecule has 2 aromatic rings. The SMILES string of the molecule is CC1[C@@H](C)O[C@@H](C)CN1c1ccc(NC(=O)c2ccc(NS(=O)(=O)C(C)C)cc2)cc1. The number of carbonyl (C=O) groups is 1. The van der Waals surface area contributed by atoms with E-state index in [1.807, 2.05) is 24.3 Å². The maximum absolute atomic E-state index is 12.6. The predicted octanol–water partition coefficient (Wildman–Crippen LogP) is 4.09. The van der Waals surface area contributed by atoms with Gasteiger partial charge in [0.25, 0.3) is 5.91 Å². The Bertz CT molecular complexity index is 1000. The Hall–Kier alpha value is -2.58. The third-order valence-electron chi connectivity index (χ3n) is 5.56. The molecule has 0 saturated carbocycles. The number of hydrogen-bond donors (Lipinski definition) is 2. The molecular formula is C23H31N3O4S. The zero-order valence-corrected chi connectivity index (χ0v) is 19.4. The van der Waals surface area contributed by atoms with Crippen molar-refractivity contribution in [2.75, 3.05) is 21.5 Å². The summed E-state index contributed by atoms with van der Waals surface area (Å²) in [6, 6.07) is 14.4. The van der Waals surface area contributed by atoms with E-state index < -0.39 is 15.3 Å². The van der Waals surface area contributed by atoms with Gasteiger partial charge in [-0.3, -0.25) is 9.52 Å². The van der Waals surface area contributed by atoms with Gasteiger partial charge in [0.15, 0.2) is 0 Å². The van der Waals surface area contributed by atoms with Gasteiger partial charge in [0, 0.05) is 29.2 Å². The molecule has 0 bridgehead atoms. The van der Waals surface area contributed by atoms with Crippen molar-refractivity contribution in [1.29, 1.82) is 0 Å². The van der Waals surface area contributed by atoms with E-state index in [1.165, 1.54) is 0 Å². The highest BCUT2D eigenvalue weighted by atomic mass is 32.2. The maximum Gasteiger partial charge on any atom is 0.255 e. The Morgan fingerprint density at radius 3 is 2.16 bits per heavy atom. The molecule has 0 spiro atoms. The lowest BCUT2D eigenvalue weighted by molar-refractivity contribution is -0.0257. The minimum Gasteiger partial charge on any atom is -0.372 e. The summed E-state index contributed by atoms with van der Waals surface area (Å²) in [5, 5.41) is 2.35.